The number of aryl methyl sites for hydroxylation is 1. The molecule has 2 aromatic carbocycles. The molecule has 3 rings (SSSR count). The van der Waals surface area contributed by atoms with Crippen molar-refractivity contribution >= 4 is 23.1 Å². The third kappa shape index (κ3) is 5.41. The smallest absolute Gasteiger partial charge is 0.255 e. The Morgan fingerprint density at radius 3 is 2.43 bits per heavy atom. The zero-order chi connectivity index (χ0) is 19.8. The Morgan fingerprint density at radius 2 is 1.64 bits per heavy atom. The van der Waals surface area contributed by atoms with E-state index in [1.807, 2.05) is 48.5 Å². The van der Waals surface area contributed by atoms with E-state index in [-0.39, 0.29) is 5.91 Å². The monoisotopic (exact) mass is 374 g/mol. The molecule has 3 aromatic rings. The molecular formula is C23H26N4O. The van der Waals surface area contributed by atoms with E-state index >= 15 is 0 Å². The second kappa shape index (κ2) is 9.67. The van der Waals surface area contributed by atoms with E-state index in [0.717, 1.165) is 25.1 Å². The molecule has 5 nitrogen and oxygen atoms in total. The summed E-state index contributed by atoms with van der Waals surface area (Å²) in [4.78, 5) is 19.1. The summed E-state index contributed by atoms with van der Waals surface area (Å²) in [5.41, 5.74) is 3.51. The maximum atomic E-state index is 12.5. The van der Waals surface area contributed by atoms with Crippen LogP contribution in [0.1, 0.15) is 22.3 Å². The van der Waals surface area contributed by atoms with Crippen molar-refractivity contribution in [3.63, 3.8) is 0 Å². The maximum absolute atomic E-state index is 12.5. The van der Waals surface area contributed by atoms with Crippen LogP contribution in [0.15, 0.2) is 72.9 Å². The molecule has 0 radical (unpaired) electrons. The van der Waals surface area contributed by atoms with Gasteiger partial charge in [-0.15, -0.1) is 0 Å². The Morgan fingerprint density at radius 1 is 0.929 bits per heavy atom. The van der Waals surface area contributed by atoms with Gasteiger partial charge in [-0.3, -0.25) is 4.79 Å². The number of nitrogens with zero attached hydrogens (tertiary/aromatic N) is 2. The summed E-state index contributed by atoms with van der Waals surface area (Å²) in [5, 5.41) is 6.35. The zero-order valence-electron chi connectivity index (χ0n) is 16.4. The molecule has 1 heterocycles. The van der Waals surface area contributed by atoms with Gasteiger partial charge in [-0.1, -0.05) is 36.4 Å². The van der Waals surface area contributed by atoms with Crippen LogP contribution in [-0.2, 0) is 6.42 Å². The zero-order valence-corrected chi connectivity index (χ0v) is 16.4. The minimum Gasteiger partial charge on any atom is -0.338 e. The average molecular weight is 374 g/mol. The highest BCUT2D eigenvalue weighted by atomic mass is 16.1. The van der Waals surface area contributed by atoms with Gasteiger partial charge >= 0.3 is 0 Å². The standard InChI is InChI=1S/C23H26N4O/c1-27(2)17-9-13-18-10-6-7-14-20(18)25-22-21(15-8-16-24-22)26-23(28)19-11-4-3-5-12-19/h3-8,10-12,14-16H,9,13,17H2,1-2H3,(H,24,25)(H,26,28). The van der Waals surface area contributed by atoms with Crippen LogP contribution >= 0.6 is 0 Å². The molecule has 144 valence electrons. The Labute approximate surface area is 166 Å². The van der Waals surface area contributed by atoms with Crippen molar-refractivity contribution in [1.82, 2.24) is 9.88 Å². The van der Waals surface area contributed by atoms with Crippen molar-refractivity contribution in [2.75, 3.05) is 31.3 Å². The first-order valence-corrected chi connectivity index (χ1v) is 9.44. The minimum absolute atomic E-state index is 0.157. The molecule has 0 spiro atoms. The molecular weight excluding hydrogens is 348 g/mol. The lowest BCUT2D eigenvalue weighted by molar-refractivity contribution is 0.102. The molecule has 2 N–H and O–H groups in total. The molecule has 0 saturated heterocycles. The van der Waals surface area contributed by atoms with E-state index in [4.69, 9.17) is 0 Å². The normalized spacial score (nSPS) is 10.7. The van der Waals surface area contributed by atoms with E-state index in [2.05, 4.69) is 40.7 Å². The van der Waals surface area contributed by atoms with Crippen LogP contribution in [0.25, 0.3) is 0 Å². The van der Waals surface area contributed by atoms with Crippen molar-refractivity contribution in [2.45, 2.75) is 12.8 Å². The fourth-order valence-corrected chi connectivity index (χ4v) is 2.96. The van der Waals surface area contributed by atoms with Crippen LogP contribution < -0.4 is 10.6 Å². The highest BCUT2D eigenvalue weighted by Crippen LogP contribution is 2.26. The number of para-hydroxylation sites is 1. The molecule has 0 unspecified atom stereocenters. The van der Waals surface area contributed by atoms with Gasteiger partial charge in [0.05, 0.1) is 5.69 Å². The molecule has 0 aliphatic heterocycles. The second-order valence-corrected chi connectivity index (χ2v) is 6.91. The average Bonchev–Trinajstić information content (AvgIpc) is 2.71. The SMILES string of the molecule is CN(C)CCCc1ccccc1Nc1ncccc1NC(=O)c1ccccc1. The fraction of sp³-hybridized carbons (Fsp3) is 0.217. The lowest BCUT2D eigenvalue weighted by Gasteiger charge is -2.15. The summed E-state index contributed by atoms with van der Waals surface area (Å²) >= 11 is 0. The van der Waals surface area contributed by atoms with Crippen LogP contribution in [0.3, 0.4) is 0 Å². The molecule has 0 bridgehead atoms. The topological polar surface area (TPSA) is 57.3 Å². The largest absolute Gasteiger partial charge is 0.338 e. The molecule has 0 aliphatic carbocycles. The number of anilines is 3. The first-order valence-electron chi connectivity index (χ1n) is 9.44. The van der Waals surface area contributed by atoms with Gasteiger partial charge < -0.3 is 15.5 Å². The van der Waals surface area contributed by atoms with Crippen LogP contribution in [-0.4, -0.2) is 36.4 Å². The fourth-order valence-electron chi connectivity index (χ4n) is 2.96. The van der Waals surface area contributed by atoms with Gasteiger partial charge in [0.1, 0.15) is 0 Å². The Bertz CT molecular complexity index is 909. The number of hydrogen-bond donors (Lipinski definition) is 2. The van der Waals surface area contributed by atoms with Crippen molar-refractivity contribution in [1.29, 1.82) is 0 Å². The van der Waals surface area contributed by atoms with Crippen molar-refractivity contribution in [3.8, 4) is 0 Å². The number of benzene rings is 2. The van der Waals surface area contributed by atoms with Gasteiger partial charge in [-0.2, -0.15) is 0 Å². The number of rotatable bonds is 8. The number of aromatic nitrogens is 1. The lowest BCUT2D eigenvalue weighted by atomic mass is 10.1. The molecule has 1 amide bonds. The van der Waals surface area contributed by atoms with E-state index < -0.39 is 0 Å². The van der Waals surface area contributed by atoms with Gasteiger partial charge in [-0.05, 0) is 69.4 Å². The summed E-state index contributed by atoms with van der Waals surface area (Å²) < 4.78 is 0. The molecule has 1 aromatic heterocycles. The predicted octanol–water partition coefficient (Wildman–Crippen LogP) is 4.57. The highest BCUT2D eigenvalue weighted by Gasteiger charge is 2.11. The Kier molecular flexibility index (Phi) is 6.76. The minimum atomic E-state index is -0.157. The van der Waals surface area contributed by atoms with Gasteiger partial charge in [0.2, 0.25) is 0 Å². The number of hydrogen-bond acceptors (Lipinski definition) is 4. The van der Waals surface area contributed by atoms with Crippen molar-refractivity contribution < 1.29 is 4.79 Å². The van der Waals surface area contributed by atoms with Crippen molar-refractivity contribution in [2.24, 2.45) is 0 Å². The molecule has 0 fully saturated rings. The summed E-state index contributed by atoms with van der Waals surface area (Å²) in [6.07, 6.45) is 3.76. The summed E-state index contributed by atoms with van der Waals surface area (Å²) in [6, 6.07) is 21.1. The van der Waals surface area contributed by atoms with Gasteiger partial charge in [0.25, 0.3) is 5.91 Å². The lowest BCUT2D eigenvalue weighted by Crippen LogP contribution is -2.14. The molecule has 5 heteroatoms. The van der Waals surface area contributed by atoms with Gasteiger partial charge in [0.15, 0.2) is 5.82 Å². The summed E-state index contributed by atoms with van der Waals surface area (Å²) in [7, 11) is 4.17. The molecule has 0 atom stereocenters. The number of carbonyl (C=O) groups is 1. The number of carbonyl (C=O) groups excluding carboxylic acids is 1. The first kappa shape index (κ1) is 19.6. The first-order chi connectivity index (χ1) is 13.6. The van der Waals surface area contributed by atoms with E-state index in [9.17, 15) is 4.79 Å². The second-order valence-electron chi connectivity index (χ2n) is 6.91. The van der Waals surface area contributed by atoms with Crippen LogP contribution in [0.5, 0.6) is 0 Å². The maximum Gasteiger partial charge on any atom is 0.255 e. The summed E-state index contributed by atoms with van der Waals surface area (Å²) in [6.45, 7) is 1.04. The highest BCUT2D eigenvalue weighted by molar-refractivity contribution is 6.05. The molecule has 28 heavy (non-hydrogen) atoms. The Balaban J connectivity index is 1.76. The van der Waals surface area contributed by atoms with Crippen LogP contribution in [0.2, 0.25) is 0 Å². The van der Waals surface area contributed by atoms with Gasteiger partial charge in [-0.25, -0.2) is 4.98 Å². The number of pyridine rings is 1. The quantitative estimate of drug-likeness (QED) is 0.606. The van der Waals surface area contributed by atoms with E-state index in [1.165, 1.54) is 5.56 Å². The predicted molar refractivity (Wildman–Crippen MR) is 115 cm³/mol. The van der Waals surface area contributed by atoms with E-state index in [0.29, 0.717) is 17.1 Å². The summed E-state index contributed by atoms with van der Waals surface area (Å²) in [5.74, 6) is 0.475. The third-order valence-electron chi connectivity index (χ3n) is 4.41. The molecule has 0 saturated carbocycles. The molecule has 0 aliphatic rings. The third-order valence-corrected chi connectivity index (χ3v) is 4.41. The number of nitrogens with one attached hydrogen (secondary N) is 2. The van der Waals surface area contributed by atoms with Crippen LogP contribution in [0.4, 0.5) is 17.2 Å². The van der Waals surface area contributed by atoms with Gasteiger partial charge in [0, 0.05) is 17.4 Å². The number of amides is 1. The Hall–Kier alpha value is -3.18. The van der Waals surface area contributed by atoms with E-state index in [1.54, 1.807) is 18.3 Å². The van der Waals surface area contributed by atoms with Crippen LogP contribution in [0, 0.1) is 0 Å². The van der Waals surface area contributed by atoms with Crippen molar-refractivity contribution in [3.05, 3.63) is 84.1 Å².